The summed E-state index contributed by atoms with van der Waals surface area (Å²) in [5.41, 5.74) is 1.31. The summed E-state index contributed by atoms with van der Waals surface area (Å²) in [5, 5.41) is 5.31. The molecule has 0 saturated carbocycles. The van der Waals surface area contributed by atoms with Crippen molar-refractivity contribution in [2.24, 2.45) is 0 Å². The maximum atomic E-state index is 13.0. The van der Waals surface area contributed by atoms with E-state index in [1.807, 2.05) is 31.2 Å². The predicted octanol–water partition coefficient (Wildman–Crippen LogP) is 2.88. The average Bonchev–Trinajstić information content (AvgIpc) is 2.49. The lowest BCUT2D eigenvalue weighted by atomic mass is 10.2. The number of halogens is 2. The van der Waals surface area contributed by atoms with E-state index < -0.39 is 11.6 Å². The molecule has 0 unspecified atom stereocenters. The molecule has 0 aliphatic heterocycles. The Morgan fingerprint density at radius 1 is 1.13 bits per heavy atom. The summed E-state index contributed by atoms with van der Waals surface area (Å²) < 4.78 is 31.5. The first kappa shape index (κ1) is 16.7. The molecule has 0 atom stereocenters. The molecule has 0 aliphatic carbocycles. The third-order valence-electron chi connectivity index (χ3n) is 3.00. The molecule has 4 nitrogen and oxygen atoms in total. The Bertz CT molecular complexity index is 657. The van der Waals surface area contributed by atoms with Gasteiger partial charge in [0.1, 0.15) is 24.0 Å². The minimum atomic E-state index is -0.695. The summed E-state index contributed by atoms with van der Waals surface area (Å²) in [6.07, 6.45) is 0. The Morgan fingerprint density at radius 2 is 1.87 bits per heavy atom. The van der Waals surface area contributed by atoms with Crippen LogP contribution >= 0.6 is 0 Å². The molecule has 0 aliphatic rings. The van der Waals surface area contributed by atoms with Gasteiger partial charge in [-0.25, -0.2) is 8.78 Å². The minimum Gasteiger partial charge on any atom is -0.492 e. The van der Waals surface area contributed by atoms with Crippen LogP contribution in [0.1, 0.15) is 5.56 Å². The Labute approximate surface area is 133 Å². The number of benzene rings is 2. The summed E-state index contributed by atoms with van der Waals surface area (Å²) in [4.78, 5) is 11.6. The van der Waals surface area contributed by atoms with E-state index in [1.54, 1.807) is 0 Å². The van der Waals surface area contributed by atoms with E-state index in [0.29, 0.717) is 13.2 Å². The Balaban J connectivity index is 1.67. The van der Waals surface area contributed by atoms with Gasteiger partial charge in [-0.15, -0.1) is 0 Å². The topological polar surface area (TPSA) is 50.4 Å². The van der Waals surface area contributed by atoms with Crippen LogP contribution in [0.3, 0.4) is 0 Å². The lowest BCUT2D eigenvalue weighted by Crippen LogP contribution is -2.33. The molecule has 0 bridgehead atoms. The molecular weight excluding hydrogens is 302 g/mol. The van der Waals surface area contributed by atoms with Crippen molar-refractivity contribution in [2.75, 3.05) is 25.0 Å². The first-order valence-electron chi connectivity index (χ1n) is 7.19. The van der Waals surface area contributed by atoms with Gasteiger partial charge in [-0.1, -0.05) is 12.1 Å². The van der Waals surface area contributed by atoms with Crippen LogP contribution in [0, 0.1) is 18.6 Å². The van der Waals surface area contributed by atoms with Gasteiger partial charge in [0.25, 0.3) is 0 Å². The molecule has 1 amide bonds. The van der Waals surface area contributed by atoms with E-state index in [2.05, 4.69) is 10.6 Å². The Kier molecular flexibility index (Phi) is 5.91. The fraction of sp³-hybridized carbons (Fsp3) is 0.235. The number of hydrogen-bond donors (Lipinski definition) is 2. The zero-order valence-corrected chi connectivity index (χ0v) is 12.7. The lowest BCUT2D eigenvalue weighted by Gasteiger charge is -2.09. The second-order valence-corrected chi connectivity index (χ2v) is 5.03. The summed E-state index contributed by atoms with van der Waals surface area (Å²) in [6, 6.07) is 10.6. The number of aryl methyl sites for hydroxylation is 1. The van der Waals surface area contributed by atoms with Crippen LogP contribution < -0.4 is 15.4 Å². The number of amides is 1. The fourth-order valence-corrected chi connectivity index (χ4v) is 1.97. The lowest BCUT2D eigenvalue weighted by molar-refractivity contribution is -0.119. The summed E-state index contributed by atoms with van der Waals surface area (Å²) in [6.45, 7) is 2.57. The van der Waals surface area contributed by atoms with Crippen LogP contribution in [-0.2, 0) is 4.79 Å². The van der Waals surface area contributed by atoms with Gasteiger partial charge in [0.05, 0.1) is 13.1 Å². The normalized spacial score (nSPS) is 10.2. The zero-order chi connectivity index (χ0) is 16.7. The molecule has 0 spiro atoms. The van der Waals surface area contributed by atoms with Crippen LogP contribution in [-0.4, -0.2) is 25.6 Å². The van der Waals surface area contributed by atoms with Crippen molar-refractivity contribution in [3.05, 3.63) is 59.7 Å². The van der Waals surface area contributed by atoms with Gasteiger partial charge in [0.15, 0.2) is 0 Å². The van der Waals surface area contributed by atoms with Gasteiger partial charge in [-0.2, -0.15) is 0 Å². The van der Waals surface area contributed by atoms with E-state index in [9.17, 15) is 13.6 Å². The SMILES string of the molecule is Cc1cccc(OCCNC(=O)CNc2cc(F)cc(F)c2)c1. The molecule has 122 valence electrons. The Morgan fingerprint density at radius 3 is 2.57 bits per heavy atom. The van der Waals surface area contributed by atoms with Crippen molar-refractivity contribution >= 4 is 11.6 Å². The molecule has 2 aromatic carbocycles. The van der Waals surface area contributed by atoms with Crippen molar-refractivity contribution in [1.82, 2.24) is 5.32 Å². The van der Waals surface area contributed by atoms with Gasteiger partial charge in [0, 0.05) is 11.8 Å². The van der Waals surface area contributed by atoms with Gasteiger partial charge in [0.2, 0.25) is 5.91 Å². The molecular formula is C17H18F2N2O2. The van der Waals surface area contributed by atoms with Gasteiger partial charge < -0.3 is 15.4 Å². The predicted molar refractivity (Wildman–Crippen MR) is 84.5 cm³/mol. The maximum absolute atomic E-state index is 13.0. The number of carbonyl (C=O) groups is 1. The monoisotopic (exact) mass is 320 g/mol. The van der Waals surface area contributed by atoms with E-state index >= 15 is 0 Å². The second kappa shape index (κ2) is 8.12. The van der Waals surface area contributed by atoms with Crippen molar-refractivity contribution < 1.29 is 18.3 Å². The highest BCUT2D eigenvalue weighted by atomic mass is 19.1. The van der Waals surface area contributed by atoms with Gasteiger partial charge in [-0.3, -0.25) is 4.79 Å². The molecule has 0 fully saturated rings. The molecule has 2 rings (SSSR count). The number of anilines is 1. The maximum Gasteiger partial charge on any atom is 0.239 e. The smallest absolute Gasteiger partial charge is 0.239 e. The average molecular weight is 320 g/mol. The van der Waals surface area contributed by atoms with Crippen LogP contribution in [0.2, 0.25) is 0 Å². The van der Waals surface area contributed by atoms with Crippen molar-refractivity contribution in [1.29, 1.82) is 0 Å². The molecule has 0 radical (unpaired) electrons. The molecule has 2 aromatic rings. The first-order chi connectivity index (χ1) is 11.0. The largest absolute Gasteiger partial charge is 0.492 e. The van der Waals surface area contributed by atoms with Crippen molar-refractivity contribution in [3.8, 4) is 5.75 Å². The van der Waals surface area contributed by atoms with Crippen LogP contribution in [0.5, 0.6) is 5.75 Å². The molecule has 0 aromatic heterocycles. The highest BCUT2D eigenvalue weighted by molar-refractivity contribution is 5.80. The number of hydrogen-bond acceptors (Lipinski definition) is 3. The van der Waals surface area contributed by atoms with Crippen molar-refractivity contribution in [3.63, 3.8) is 0 Å². The minimum absolute atomic E-state index is 0.0761. The highest BCUT2D eigenvalue weighted by Crippen LogP contribution is 2.12. The zero-order valence-electron chi connectivity index (χ0n) is 12.7. The van der Waals surface area contributed by atoms with Gasteiger partial charge in [-0.05, 0) is 36.8 Å². The first-order valence-corrected chi connectivity index (χ1v) is 7.19. The molecule has 23 heavy (non-hydrogen) atoms. The van der Waals surface area contributed by atoms with Crippen LogP contribution in [0.4, 0.5) is 14.5 Å². The standard InChI is InChI=1S/C17H18F2N2O2/c1-12-3-2-4-16(7-12)23-6-5-20-17(22)11-21-15-9-13(18)8-14(19)10-15/h2-4,7-10,21H,5-6,11H2,1H3,(H,20,22). The number of nitrogens with one attached hydrogen (secondary N) is 2. The number of carbonyl (C=O) groups excluding carboxylic acids is 1. The quantitative estimate of drug-likeness (QED) is 0.771. The van der Waals surface area contributed by atoms with E-state index in [1.165, 1.54) is 0 Å². The summed E-state index contributed by atoms with van der Waals surface area (Å²) >= 11 is 0. The summed E-state index contributed by atoms with van der Waals surface area (Å²) in [7, 11) is 0. The second-order valence-electron chi connectivity index (χ2n) is 5.03. The fourth-order valence-electron chi connectivity index (χ4n) is 1.97. The highest BCUT2D eigenvalue weighted by Gasteiger charge is 2.04. The summed E-state index contributed by atoms with van der Waals surface area (Å²) in [5.74, 6) is -0.936. The molecule has 0 saturated heterocycles. The Hall–Kier alpha value is -2.63. The molecule has 6 heteroatoms. The number of rotatable bonds is 7. The van der Waals surface area contributed by atoms with Gasteiger partial charge >= 0.3 is 0 Å². The third-order valence-corrected chi connectivity index (χ3v) is 3.00. The van der Waals surface area contributed by atoms with Crippen LogP contribution in [0.15, 0.2) is 42.5 Å². The third kappa shape index (κ3) is 5.94. The van der Waals surface area contributed by atoms with Crippen molar-refractivity contribution in [2.45, 2.75) is 6.92 Å². The molecule has 0 heterocycles. The van der Waals surface area contributed by atoms with E-state index in [-0.39, 0.29) is 18.1 Å². The molecule has 2 N–H and O–H groups in total. The van der Waals surface area contributed by atoms with E-state index in [4.69, 9.17) is 4.74 Å². The van der Waals surface area contributed by atoms with E-state index in [0.717, 1.165) is 29.5 Å². The number of ether oxygens (including phenoxy) is 1. The van der Waals surface area contributed by atoms with Crippen LogP contribution in [0.25, 0.3) is 0 Å².